The second kappa shape index (κ2) is 6.44. The van der Waals surface area contributed by atoms with Crippen molar-refractivity contribution in [3.8, 4) is 17.2 Å². The fourth-order valence-corrected chi connectivity index (χ4v) is 2.30. The predicted molar refractivity (Wildman–Crippen MR) is 79.0 cm³/mol. The van der Waals surface area contributed by atoms with Gasteiger partial charge in [0, 0.05) is 13.1 Å². The molecule has 0 bridgehead atoms. The fraction of sp³-hybridized carbons (Fsp3) is 0.294. The van der Waals surface area contributed by atoms with Crippen molar-refractivity contribution < 1.29 is 9.57 Å². The van der Waals surface area contributed by atoms with E-state index in [9.17, 15) is 0 Å². The first-order valence-electron chi connectivity index (χ1n) is 7.16. The fourth-order valence-electron chi connectivity index (χ4n) is 2.30. The number of piperidine rings is 1. The summed E-state index contributed by atoms with van der Waals surface area (Å²) in [5, 5.41) is 2.04. The Bertz CT molecular complexity index is 518. The zero-order valence-corrected chi connectivity index (χ0v) is 11.5. The molecule has 3 nitrogen and oxygen atoms in total. The molecule has 0 radical (unpaired) electrons. The summed E-state index contributed by atoms with van der Waals surface area (Å²) in [6.45, 7) is 2.03. The first-order chi connectivity index (χ1) is 9.90. The SMILES string of the molecule is c1ccc(Oc2ccc(ON3CCCCC3)cc2)cc1. The molecule has 0 unspecified atom stereocenters. The molecule has 1 heterocycles. The van der Waals surface area contributed by atoms with E-state index in [1.807, 2.05) is 59.7 Å². The summed E-state index contributed by atoms with van der Waals surface area (Å²) in [4.78, 5) is 5.84. The lowest BCUT2D eigenvalue weighted by atomic mass is 10.2. The Balaban J connectivity index is 1.59. The van der Waals surface area contributed by atoms with Crippen molar-refractivity contribution in [1.29, 1.82) is 0 Å². The third-order valence-corrected chi connectivity index (χ3v) is 3.35. The molecule has 0 aliphatic carbocycles. The minimum absolute atomic E-state index is 0.821. The molecule has 3 heteroatoms. The molecular formula is C17H19NO2. The maximum atomic E-state index is 5.84. The van der Waals surface area contributed by atoms with E-state index in [0.717, 1.165) is 30.3 Å². The largest absolute Gasteiger partial charge is 0.457 e. The van der Waals surface area contributed by atoms with Crippen LogP contribution in [-0.2, 0) is 0 Å². The Morgan fingerprint density at radius 2 is 1.25 bits per heavy atom. The minimum Gasteiger partial charge on any atom is -0.457 e. The number of hydrogen-bond acceptors (Lipinski definition) is 3. The highest BCUT2D eigenvalue weighted by Gasteiger charge is 2.11. The minimum atomic E-state index is 0.821. The van der Waals surface area contributed by atoms with Crippen LogP contribution in [0.3, 0.4) is 0 Å². The Kier molecular flexibility index (Phi) is 4.19. The number of nitrogens with zero attached hydrogens (tertiary/aromatic N) is 1. The molecular weight excluding hydrogens is 250 g/mol. The summed E-state index contributed by atoms with van der Waals surface area (Å²) in [5.41, 5.74) is 0. The molecule has 2 aromatic rings. The van der Waals surface area contributed by atoms with E-state index in [4.69, 9.17) is 9.57 Å². The summed E-state index contributed by atoms with van der Waals surface area (Å²) in [5.74, 6) is 2.53. The maximum absolute atomic E-state index is 5.84. The second-order valence-electron chi connectivity index (χ2n) is 4.97. The van der Waals surface area contributed by atoms with Crippen molar-refractivity contribution in [2.75, 3.05) is 13.1 Å². The van der Waals surface area contributed by atoms with Crippen LogP contribution in [0.2, 0.25) is 0 Å². The van der Waals surface area contributed by atoms with Crippen molar-refractivity contribution in [1.82, 2.24) is 5.06 Å². The normalized spacial score (nSPS) is 15.8. The molecule has 1 fully saturated rings. The number of hydroxylamine groups is 2. The van der Waals surface area contributed by atoms with Crippen molar-refractivity contribution in [3.63, 3.8) is 0 Å². The molecule has 0 amide bonds. The van der Waals surface area contributed by atoms with Crippen LogP contribution in [-0.4, -0.2) is 18.2 Å². The van der Waals surface area contributed by atoms with Gasteiger partial charge in [-0.05, 0) is 49.2 Å². The summed E-state index contributed by atoms with van der Waals surface area (Å²) in [7, 11) is 0. The van der Waals surface area contributed by atoms with Gasteiger partial charge in [0.2, 0.25) is 0 Å². The Labute approximate surface area is 119 Å². The quantitative estimate of drug-likeness (QED) is 0.827. The number of para-hydroxylation sites is 1. The molecule has 0 N–H and O–H groups in total. The summed E-state index contributed by atoms with van der Waals surface area (Å²) < 4.78 is 5.75. The Morgan fingerprint density at radius 3 is 1.95 bits per heavy atom. The summed E-state index contributed by atoms with van der Waals surface area (Å²) in [6, 6.07) is 17.6. The van der Waals surface area contributed by atoms with Crippen LogP contribution in [0.25, 0.3) is 0 Å². The lowest BCUT2D eigenvalue weighted by Gasteiger charge is -2.26. The van der Waals surface area contributed by atoms with Crippen LogP contribution in [0, 0.1) is 0 Å². The van der Waals surface area contributed by atoms with Gasteiger partial charge in [-0.1, -0.05) is 24.6 Å². The van der Waals surface area contributed by atoms with Crippen molar-refractivity contribution >= 4 is 0 Å². The van der Waals surface area contributed by atoms with Gasteiger partial charge in [-0.15, -0.1) is 5.06 Å². The first-order valence-corrected chi connectivity index (χ1v) is 7.16. The Hall–Kier alpha value is -2.00. The van der Waals surface area contributed by atoms with Crippen LogP contribution < -0.4 is 9.57 Å². The lowest BCUT2D eigenvalue weighted by Crippen LogP contribution is -2.32. The molecule has 0 saturated carbocycles. The standard InChI is InChI=1S/C17H19NO2/c1-3-7-15(8-4-1)19-16-9-11-17(12-10-16)20-18-13-5-2-6-14-18/h1,3-4,7-12H,2,5-6,13-14H2. The van der Waals surface area contributed by atoms with Gasteiger partial charge < -0.3 is 9.57 Å². The van der Waals surface area contributed by atoms with Gasteiger partial charge in [-0.25, -0.2) is 0 Å². The lowest BCUT2D eigenvalue weighted by molar-refractivity contribution is -0.0720. The highest BCUT2D eigenvalue weighted by atomic mass is 16.7. The van der Waals surface area contributed by atoms with E-state index in [1.54, 1.807) is 0 Å². The molecule has 3 rings (SSSR count). The molecule has 20 heavy (non-hydrogen) atoms. The molecule has 104 valence electrons. The first kappa shape index (κ1) is 13.0. The molecule has 1 aliphatic heterocycles. The molecule has 0 aromatic heterocycles. The number of hydrogen-bond donors (Lipinski definition) is 0. The smallest absolute Gasteiger partial charge is 0.147 e. The highest BCUT2D eigenvalue weighted by molar-refractivity contribution is 5.35. The molecule has 1 saturated heterocycles. The van der Waals surface area contributed by atoms with Gasteiger partial charge in [-0.3, -0.25) is 0 Å². The predicted octanol–water partition coefficient (Wildman–Crippen LogP) is 4.26. The van der Waals surface area contributed by atoms with Crippen LogP contribution in [0.1, 0.15) is 19.3 Å². The van der Waals surface area contributed by atoms with E-state index in [1.165, 1.54) is 19.3 Å². The average Bonchev–Trinajstić information content (AvgIpc) is 2.51. The van der Waals surface area contributed by atoms with E-state index < -0.39 is 0 Å². The number of rotatable bonds is 4. The van der Waals surface area contributed by atoms with E-state index >= 15 is 0 Å². The van der Waals surface area contributed by atoms with E-state index in [-0.39, 0.29) is 0 Å². The van der Waals surface area contributed by atoms with Gasteiger partial charge in [0.1, 0.15) is 17.2 Å². The molecule has 2 aromatic carbocycles. The monoisotopic (exact) mass is 269 g/mol. The van der Waals surface area contributed by atoms with Crippen LogP contribution in [0.15, 0.2) is 54.6 Å². The second-order valence-corrected chi connectivity index (χ2v) is 4.97. The third-order valence-electron chi connectivity index (χ3n) is 3.35. The van der Waals surface area contributed by atoms with Gasteiger partial charge in [-0.2, -0.15) is 0 Å². The van der Waals surface area contributed by atoms with E-state index in [0.29, 0.717) is 0 Å². The number of benzene rings is 2. The summed E-state index contributed by atoms with van der Waals surface area (Å²) >= 11 is 0. The van der Waals surface area contributed by atoms with Gasteiger partial charge >= 0.3 is 0 Å². The zero-order valence-electron chi connectivity index (χ0n) is 11.5. The maximum Gasteiger partial charge on any atom is 0.147 e. The molecule has 0 spiro atoms. The van der Waals surface area contributed by atoms with E-state index in [2.05, 4.69) is 0 Å². The van der Waals surface area contributed by atoms with Crippen LogP contribution in [0.5, 0.6) is 17.2 Å². The van der Waals surface area contributed by atoms with Gasteiger partial charge in [0.15, 0.2) is 0 Å². The summed E-state index contributed by atoms with van der Waals surface area (Å²) in [6.07, 6.45) is 3.74. The van der Waals surface area contributed by atoms with Crippen molar-refractivity contribution in [3.05, 3.63) is 54.6 Å². The topological polar surface area (TPSA) is 21.7 Å². The highest BCUT2D eigenvalue weighted by Crippen LogP contribution is 2.24. The van der Waals surface area contributed by atoms with Gasteiger partial charge in [0.25, 0.3) is 0 Å². The number of ether oxygens (including phenoxy) is 1. The molecule has 0 atom stereocenters. The molecule has 1 aliphatic rings. The Morgan fingerprint density at radius 1 is 0.650 bits per heavy atom. The van der Waals surface area contributed by atoms with Crippen LogP contribution >= 0.6 is 0 Å². The third kappa shape index (κ3) is 3.52. The van der Waals surface area contributed by atoms with Crippen LogP contribution in [0.4, 0.5) is 0 Å². The average molecular weight is 269 g/mol. The van der Waals surface area contributed by atoms with Crippen molar-refractivity contribution in [2.24, 2.45) is 0 Å². The van der Waals surface area contributed by atoms with Crippen molar-refractivity contribution in [2.45, 2.75) is 19.3 Å². The van der Waals surface area contributed by atoms with Gasteiger partial charge in [0.05, 0.1) is 0 Å². The zero-order chi connectivity index (χ0) is 13.6.